The molecule has 1 amide bonds. The van der Waals surface area contributed by atoms with Crippen LogP contribution in [-0.2, 0) is 6.18 Å². The van der Waals surface area contributed by atoms with E-state index in [4.69, 9.17) is 0 Å². The van der Waals surface area contributed by atoms with Crippen LogP contribution in [0.25, 0.3) is 11.4 Å². The predicted molar refractivity (Wildman–Crippen MR) is 124 cm³/mol. The van der Waals surface area contributed by atoms with Gasteiger partial charge in [-0.05, 0) is 73.9 Å². The summed E-state index contributed by atoms with van der Waals surface area (Å²) >= 11 is 0. The van der Waals surface area contributed by atoms with E-state index >= 15 is 0 Å². The van der Waals surface area contributed by atoms with Crippen LogP contribution in [0.5, 0.6) is 0 Å². The predicted octanol–water partition coefficient (Wildman–Crippen LogP) is 4.89. The zero-order valence-corrected chi connectivity index (χ0v) is 19.3. The molecule has 2 aliphatic carbocycles. The number of nitrogens with zero attached hydrogens (tertiary/aromatic N) is 4. The number of carbonyl (C=O) groups is 1. The molecule has 1 N–H and O–H groups in total. The molecule has 6 nitrogen and oxygen atoms in total. The lowest BCUT2D eigenvalue weighted by molar-refractivity contribution is -0.137. The van der Waals surface area contributed by atoms with Gasteiger partial charge in [0, 0.05) is 30.7 Å². The molecule has 3 aromatic heterocycles. The molecule has 6 rings (SSSR count). The molecule has 1 aliphatic heterocycles. The van der Waals surface area contributed by atoms with Gasteiger partial charge in [0.1, 0.15) is 11.5 Å². The Bertz CT molecular complexity index is 1330. The van der Waals surface area contributed by atoms with Gasteiger partial charge in [-0.25, -0.2) is 4.98 Å². The van der Waals surface area contributed by atoms with Crippen LogP contribution < -0.4 is 5.32 Å². The van der Waals surface area contributed by atoms with Crippen molar-refractivity contribution in [1.82, 2.24) is 19.9 Å². The molecule has 0 radical (unpaired) electrons. The van der Waals surface area contributed by atoms with Crippen molar-refractivity contribution in [2.45, 2.75) is 44.9 Å². The fourth-order valence-electron chi connectivity index (χ4n) is 5.99. The van der Waals surface area contributed by atoms with Gasteiger partial charge >= 0.3 is 6.18 Å². The van der Waals surface area contributed by atoms with Crippen molar-refractivity contribution in [3.8, 4) is 11.4 Å². The number of hydrogen-bond acceptors (Lipinski definition) is 5. The molecular weight excluding hydrogens is 455 g/mol. The molecule has 9 heteroatoms. The molecule has 0 bridgehead atoms. The lowest BCUT2D eigenvalue weighted by Crippen LogP contribution is -2.60. The number of pyridine rings is 3. The zero-order valence-electron chi connectivity index (χ0n) is 19.3. The van der Waals surface area contributed by atoms with Gasteiger partial charge in [0.05, 0.1) is 22.9 Å². The largest absolute Gasteiger partial charge is 0.417 e. The Morgan fingerprint density at radius 2 is 1.91 bits per heavy atom. The Morgan fingerprint density at radius 1 is 1.09 bits per heavy atom. The monoisotopic (exact) mass is 479 g/mol. The second-order valence-electron chi connectivity index (χ2n) is 9.94. The normalized spacial score (nSPS) is 26.5. The van der Waals surface area contributed by atoms with E-state index < -0.39 is 11.7 Å². The van der Waals surface area contributed by atoms with E-state index in [1.165, 1.54) is 6.07 Å². The quantitative estimate of drug-likeness (QED) is 0.577. The van der Waals surface area contributed by atoms with E-state index in [0.717, 1.165) is 36.4 Å². The molecule has 2 saturated carbocycles. The van der Waals surface area contributed by atoms with Gasteiger partial charge < -0.3 is 10.2 Å². The van der Waals surface area contributed by atoms with Gasteiger partial charge in [-0.15, -0.1) is 0 Å². The Hall–Kier alpha value is -3.49. The minimum Gasteiger partial charge on any atom is -0.365 e. The van der Waals surface area contributed by atoms with Crippen LogP contribution in [0.2, 0.25) is 0 Å². The maximum Gasteiger partial charge on any atom is 0.417 e. The molecule has 4 atom stereocenters. The molecular formula is C26H24F3N5O. The summed E-state index contributed by atoms with van der Waals surface area (Å²) in [6.07, 6.45) is 0.0799. The molecule has 3 fully saturated rings. The maximum absolute atomic E-state index is 13.9. The first-order chi connectivity index (χ1) is 16.7. The molecule has 3 aromatic rings. The highest BCUT2D eigenvalue weighted by Crippen LogP contribution is 2.71. The van der Waals surface area contributed by atoms with Crippen molar-refractivity contribution in [1.29, 1.82) is 0 Å². The van der Waals surface area contributed by atoms with E-state index in [0.29, 0.717) is 35.2 Å². The van der Waals surface area contributed by atoms with E-state index in [1.807, 2.05) is 43.0 Å². The fourth-order valence-corrected chi connectivity index (χ4v) is 5.99. The number of hydrogen-bond donors (Lipinski definition) is 1. The SMILES string of the molecule is Cc1ccc(C(=O)N2CC3CC34CC(Nc3ccc(C(F)(F)F)cn3)C24)c(-c2ncccc2C)n1. The van der Waals surface area contributed by atoms with Crippen LogP contribution in [0.3, 0.4) is 0 Å². The van der Waals surface area contributed by atoms with Crippen molar-refractivity contribution in [2.24, 2.45) is 11.3 Å². The number of alkyl halides is 3. The summed E-state index contributed by atoms with van der Waals surface area (Å²) in [5.74, 6) is 0.769. The molecule has 35 heavy (non-hydrogen) atoms. The Kier molecular flexibility index (Phi) is 4.72. The summed E-state index contributed by atoms with van der Waals surface area (Å²) in [7, 11) is 0. The average Bonchev–Trinajstić information content (AvgIpc) is 3.47. The van der Waals surface area contributed by atoms with Gasteiger partial charge in [-0.1, -0.05) is 6.07 Å². The third kappa shape index (κ3) is 3.47. The third-order valence-electron chi connectivity index (χ3n) is 7.79. The van der Waals surface area contributed by atoms with Crippen molar-refractivity contribution >= 4 is 11.7 Å². The lowest BCUT2D eigenvalue weighted by atomic mass is 9.71. The number of amides is 1. The van der Waals surface area contributed by atoms with Gasteiger partial charge in [0.15, 0.2) is 0 Å². The first-order valence-corrected chi connectivity index (χ1v) is 11.7. The number of aromatic nitrogens is 3. The van der Waals surface area contributed by atoms with E-state index in [-0.39, 0.29) is 23.4 Å². The number of halogens is 3. The third-order valence-corrected chi connectivity index (χ3v) is 7.79. The van der Waals surface area contributed by atoms with Gasteiger partial charge in [0.2, 0.25) is 0 Å². The van der Waals surface area contributed by atoms with Gasteiger partial charge in [-0.3, -0.25) is 14.8 Å². The number of piperidine rings is 1. The number of aryl methyl sites for hydroxylation is 2. The van der Waals surface area contributed by atoms with Crippen LogP contribution in [-0.4, -0.2) is 44.4 Å². The van der Waals surface area contributed by atoms with Crippen LogP contribution in [0, 0.1) is 25.2 Å². The second-order valence-corrected chi connectivity index (χ2v) is 9.94. The minimum atomic E-state index is -4.42. The number of likely N-dealkylation sites (tertiary alicyclic amines) is 1. The molecule has 3 aliphatic rings. The zero-order chi connectivity index (χ0) is 24.5. The summed E-state index contributed by atoms with van der Waals surface area (Å²) in [6.45, 7) is 4.51. The Balaban J connectivity index is 1.27. The summed E-state index contributed by atoms with van der Waals surface area (Å²) in [5, 5.41) is 3.28. The number of rotatable bonds is 4. The van der Waals surface area contributed by atoms with Crippen LogP contribution in [0.1, 0.15) is 40.0 Å². The molecule has 180 valence electrons. The smallest absolute Gasteiger partial charge is 0.365 e. The first kappa shape index (κ1) is 22.0. The number of nitrogens with one attached hydrogen (secondary N) is 1. The van der Waals surface area contributed by atoms with Crippen LogP contribution in [0.4, 0.5) is 19.0 Å². The van der Waals surface area contributed by atoms with E-state index in [2.05, 4.69) is 20.3 Å². The molecule has 4 heterocycles. The van der Waals surface area contributed by atoms with E-state index in [9.17, 15) is 18.0 Å². The Morgan fingerprint density at radius 3 is 2.63 bits per heavy atom. The summed E-state index contributed by atoms with van der Waals surface area (Å²) in [4.78, 5) is 28.9. The lowest BCUT2D eigenvalue weighted by Gasteiger charge is -2.48. The molecule has 1 spiro atoms. The molecule has 1 saturated heterocycles. The highest BCUT2D eigenvalue weighted by atomic mass is 19.4. The van der Waals surface area contributed by atoms with Gasteiger partial charge in [-0.2, -0.15) is 13.2 Å². The maximum atomic E-state index is 13.9. The summed E-state index contributed by atoms with van der Waals surface area (Å²) < 4.78 is 38.7. The highest BCUT2D eigenvalue weighted by Gasteiger charge is 2.75. The second kappa shape index (κ2) is 7.50. The van der Waals surface area contributed by atoms with E-state index in [1.54, 1.807) is 6.20 Å². The number of carbonyl (C=O) groups excluding carboxylic acids is 1. The Labute approximate surface area is 200 Å². The first-order valence-electron chi connectivity index (χ1n) is 11.7. The highest BCUT2D eigenvalue weighted by molar-refractivity contribution is 6.00. The average molecular weight is 480 g/mol. The summed E-state index contributed by atoms with van der Waals surface area (Å²) in [5.41, 5.74) is 2.87. The standard InChI is InChI=1S/C26H24F3N5O/c1-14-4-3-9-30-21(14)22-18(7-5-15(2)32-22)24(35)34-13-17-10-25(17)11-19(23(25)34)33-20-8-6-16(12-31-20)26(27,28)29/h3-9,12,17,19,23H,10-11,13H2,1-2H3,(H,31,33). The van der Waals surface area contributed by atoms with Gasteiger partial charge in [0.25, 0.3) is 5.91 Å². The van der Waals surface area contributed by atoms with Crippen LogP contribution >= 0.6 is 0 Å². The van der Waals surface area contributed by atoms with Crippen LogP contribution in [0.15, 0.2) is 48.8 Å². The van der Waals surface area contributed by atoms with Crippen molar-refractivity contribution < 1.29 is 18.0 Å². The molecule has 4 unspecified atom stereocenters. The van der Waals surface area contributed by atoms with Crippen molar-refractivity contribution in [3.05, 3.63) is 71.2 Å². The fraction of sp³-hybridized carbons (Fsp3) is 0.385. The summed E-state index contributed by atoms with van der Waals surface area (Å²) in [6, 6.07) is 9.76. The van der Waals surface area contributed by atoms with Crippen molar-refractivity contribution in [3.63, 3.8) is 0 Å². The topological polar surface area (TPSA) is 71.0 Å². The number of anilines is 1. The molecule has 0 aromatic carbocycles. The van der Waals surface area contributed by atoms with Crippen molar-refractivity contribution in [2.75, 3.05) is 11.9 Å². The minimum absolute atomic E-state index is 0.0249.